The molecule has 0 saturated heterocycles. The summed E-state index contributed by atoms with van der Waals surface area (Å²) in [7, 11) is 1.38. The number of anilines is 1. The van der Waals surface area contributed by atoms with Crippen molar-refractivity contribution in [2.75, 3.05) is 12.4 Å². The van der Waals surface area contributed by atoms with E-state index in [0.717, 1.165) is 16.1 Å². The summed E-state index contributed by atoms with van der Waals surface area (Å²) >= 11 is 3.35. The minimum Gasteiger partial charge on any atom is -0.494 e. The number of benzene rings is 2. The molecule has 2 aromatic rings. The third-order valence-electron chi connectivity index (χ3n) is 2.86. The van der Waals surface area contributed by atoms with E-state index in [1.165, 1.54) is 19.2 Å². The van der Waals surface area contributed by atoms with Crippen LogP contribution in [0.4, 0.5) is 10.1 Å². The summed E-state index contributed by atoms with van der Waals surface area (Å²) in [5.74, 6) is -0.820. The van der Waals surface area contributed by atoms with Crippen molar-refractivity contribution >= 4 is 27.5 Å². The highest BCUT2D eigenvalue weighted by Crippen LogP contribution is 2.22. The predicted molar refractivity (Wildman–Crippen MR) is 79.8 cm³/mol. The van der Waals surface area contributed by atoms with Crippen LogP contribution in [0.3, 0.4) is 0 Å². The first-order valence-electron chi connectivity index (χ1n) is 5.92. The van der Waals surface area contributed by atoms with Crippen molar-refractivity contribution in [1.82, 2.24) is 0 Å². The molecule has 0 heterocycles. The maximum atomic E-state index is 13.6. The Morgan fingerprint density at radius 3 is 2.65 bits per heavy atom. The minimum absolute atomic E-state index is 0.111. The molecule has 3 nitrogen and oxygen atoms in total. The van der Waals surface area contributed by atoms with Crippen LogP contribution in [0.15, 0.2) is 40.9 Å². The van der Waals surface area contributed by atoms with Crippen LogP contribution in [0.25, 0.3) is 0 Å². The molecule has 0 aliphatic carbocycles. The van der Waals surface area contributed by atoms with Gasteiger partial charge in [0, 0.05) is 15.7 Å². The van der Waals surface area contributed by atoms with E-state index in [1.54, 1.807) is 6.07 Å². The molecule has 0 atom stereocenters. The van der Waals surface area contributed by atoms with Gasteiger partial charge in [0.15, 0.2) is 11.6 Å². The van der Waals surface area contributed by atoms with Gasteiger partial charge in [0.1, 0.15) is 0 Å². The highest BCUT2D eigenvalue weighted by molar-refractivity contribution is 9.10. The van der Waals surface area contributed by atoms with Gasteiger partial charge < -0.3 is 10.1 Å². The molecule has 0 aliphatic heterocycles. The van der Waals surface area contributed by atoms with Gasteiger partial charge in [-0.25, -0.2) is 4.39 Å². The van der Waals surface area contributed by atoms with Crippen LogP contribution < -0.4 is 10.1 Å². The van der Waals surface area contributed by atoms with Crippen molar-refractivity contribution in [2.24, 2.45) is 0 Å². The molecule has 20 heavy (non-hydrogen) atoms. The molecule has 0 spiro atoms. The second-order valence-electron chi connectivity index (χ2n) is 4.26. The van der Waals surface area contributed by atoms with Gasteiger partial charge in [0.25, 0.3) is 5.91 Å². The van der Waals surface area contributed by atoms with E-state index in [2.05, 4.69) is 21.2 Å². The van der Waals surface area contributed by atoms with Gasteiger partial charge >= 0.3 is 0 Å². The fourth-order valence-electron chi connectivity index (χ4n) is 1.73. The number of amides is 1. The Bertz CT molecular complexity index is 658. The van der Waals surface area contributed by atoms with E-state index in [4.69, 9.17) is 4.74 Å². The number of hydrogen-bond acceptors (Lipinski definition) is 2. The molecule has 2 aromatic carbocycles. The fraction of sp³-hybridized carbons (Fsp3) is 0.133. The van der Waals surface area contributed by atoms with Crippen LogP contribution in [-0.2, 0) is 0 Å². The number of halogens is 2. The van der Waals surface area contributed by atoms with Crippen molar-refractivity contribution in [3.63, 3.8) is 0 Å². The molecule has 1 amide bonds. The standard InChI is InChI=1S/C15H13BrFNO2/c1-9-3-5-11(16)8-13(9)18-15(19)10-4-6-14(20-2)12(17)7-10/h3-8H,1-2H3,(H,18,19). The Hall–Kier alpha value is -1.88. The third-order valence-corrected chi connectivity index (χ3v) is 3.36. The van der Waals surface area contributed by atoms with Gasteiger partial charge in [0.05, 0.1) is 7.11 Å². The molecule has 0 saturated carbocycles. The number of methoxy groups -OCH3 is 1. The first-order valence-corrected chi connectivity index (χ1v) is 6.71. The lowest BCUT2D eigenvalue weighted by atomic mass is 10.1. The number of rotatable bonds is 3. The normalized spacial score (nSPS) is 10.2. The summed E-state index contributed by atoms with van der Waals surface area (Å²) in [5.41, 5.74) is 1.85. The van der Waals surface area contributed by atoms with Gasteiger partial charge in [-0.3, -0.25) is 4.79 Å². The lowest BCUT2D eigenvalue weighted by Gasteiger charge is -2.09. The average Bonchev–Trinajstić information content (AvgIpc) is 2.42. The second kappa shape index (κ2) is 6.05. The monoisotopic (exact) mass is 337 g/mol. The molecule has 0 unspecified atom stereocenters. The Kier molecular flexibility index (Phi) is 4.39. The molecule has 0 fully saturated rings. The van der Waals surface area contributed by atoms with Crippen LogP contribution >= 0.6 is 15.9 Å². The zero-order valence-corrected chi connectivity index (χ0v) is 12.6. The van der Waals surface area contributed by atoms with Crippen LogP contribution in [0.1, 0.15) is 15.9 Å². The first-order chi connectivity index (χ1) is 9.51. The Morgan fingerprint density at radius 2 is 2.00 bits per heavy atom. The lowest BCUT2D eigenvalue weighted by Crippen LogP contribution is -2.13. The van der Waals surface area contributed by atoms with Gasteiger partial charge in [-0.05, 0) is 42.8 Å². The summed E-state index contributed by atoms with van der Waals surface area (Å²) in [6.07, 6.45) is 0. The van der Waals surface area contributed by atoms with Crippen LogP contribution in [-0.4, -0.2) is 13.0 Å². The lowest BCUT2D eigenvalue weighted by molar-refractivity contribution is 0.102. The molecule has 0 aliphatic rings. The molecular formula is C15H13BrFNO2. The predicted octanol–water partition coefficient (Wildman–Crippen LogP) is 4.16. The minimum atomic E-state index is -0.564. The van der Waals surface area contributed by atoms with Crippen molar-refractivity contribution in [2.45, 2.75) is 6.92 Å². The van der Waals surface area contributed by atoms with Crippen LogP contribution in [0, 0.1) is 12.7 Å². The molecule has 5 heteroatoms. The van der Waals surface area contributed by atoms with E-state index in [0.29, 0.717) is 5.69 Å². The SMILES string of the molecule is COc1ccc(C(=O)Nc2cc(Br)ccc2C)cc1F. The maximum Gasteiger partial charge on any atom is 0.255 e. The third kappa shape index (κ3) is 3.17. The van der Waals surface area contributed by atoms with Crippen LogP contribution in [0.2, 0.25) is 0 Å². The Morgan fingerprint density at radius 1 is 1.25 bits per heavy atom. The number of ether oxygens (including phenoxy) is 1. The number of nitrogens with one attached hydrogen (secondary N) is 1. The van der Waals surface area contributed by atoms with E-state index in [9.17, 15) is 9.18 Å². The Labute approximate surface area is 124 Å². The fourth-order valence-corrected chi connectivity index (χ4v) is 2.09. The van der Waals surface area contributed by atoms with Gasteiger partial charge in [-0.2, -0.15) is 0 Å². The molecule has 104 valence electrons. The summed E-state index contributed by atoms with van der Waals surface area (Å²) in [6.45, 7) is 1.89. The van der Waals surface area contributed by atoms with Gasteiger partial charge in [-0.15, -0.1) is 0 Å². The van der Waals surface area contributed by atoms with Gasteiger partial charge in [-0.1, -0.05) is 22.0 Å². The Balaban J connectivity index is 2.24. The summed E-state index contributed by atoms with van der Waals surface area (Å²) in [4.78, 5) is 12.1. The van der Waals surface area contributed by atoms with E-state index in [-0.39, 0.29) is 17.2 Å². The number of hydrogen-bond donors (Lipinski definition) is 1. The quantitative estimate of drug-likeness (QED) is 0.913. The molecule has 0 bridgehead atoms. The summed E-state index contributed by atoms with van der Waals surface area (Å²) in [6, 6.07) is 9.67. The average molecular weight is 338 g/mol. The van der Waals surface area contributed by atoms with E-state index >= 15 is 0 Å². The zero-order valence-electron chi connectivity index (χ0n) is 11.0. The maximum absolute atomic E-state index is 13.6. The van der Waals surface area contributed by atoms with Gasteiger partial charge in [0.2, 0.25) is 0 Å². The molecule has 0 radical (unpaired) electrons. The van der Waals surface area contributed by atoms with E-state index in [1.807, 2.05) is 19.1 Å². The summed E-state index contributed by atoms with van der Waals surface area (Å²) < 4.78 is 19.3. The number of aryl methyl sites for hydroxylation is 1. The zero-order chi connectivity index (χ0) is 14.7. The molecular weight excluding hydrogens is 325 g/mol. The summed E-state index contributed by atoms with van der Waals surface area (Å²) in [5, 5.41) is 2.76. The first kappa shape index (κ1) is 14.5. The van der Waals surface area contributed by atoms with Crippen LogP contribution in [0.5, 0.6) is 5.75 Å². The van der Waals surface area contributed by atoms with Crippen molar-refractivity contribution in [3.05, 3.63) is 57.8 Å². The van der Waals surface area contributed by atoms with Crippen molar-refractivity contribution in [1.29, 1.82) is 0 Å². The van der Waals surface area contributed by atoms with E-state index < -0.39 is 5.82 Å². The number of carbonyl (C=O) groups is 1. The molecule has 1 N–H and O–H groups in total. The molecule has 0 aromatic heterocycles. The molecule has 2 rings (SSSR count). The topological polar surface area (TPSA) is 38.3 Å². The number of carbonyl (C=O) groups excluding carboxylic acids is 1. The highest BCUT2D eigenvalue weighted by atomic mass is 79.9. The smallest absolute Gasteiger partial charge is 0.255 e. The van der Waals surface area contributed by atoms with Crippen molar-refractivity contribution in [3.8, 4) is 5.75 Å². The largest absolute Gasteiger partial charge is 0.494 e. The second-order valence-corrected chi connectivity index (χ2v) is 5.18. The van der Waals surface area contributed by atoms with Crippen molar-refractivity contribution < 1.29 is 13.9 Å². The highest BCUT2D eigenvalue weighted by Gasteiger charge is 2.11.